The number of aryl methyl sites for hydroxylation is 2. The normalized spacial score (nSPS) is 15.4. The SMILES string of the molecule is Cc1ccc([C@@H](NC(=O)C(=O)c2cnn(C)c2)C2CC2)cc1. The third-order valence-corrected chi connectivity index (χ3v) is 3.99. The molecule has 114 valence electrons. The van der Waals surface area contributed by atoms with E-state index in [4.69, 9.17) is 0 Å². The standard InChI is InChI=1S/C17H19N3O2/c1-11-3-5-12(6-4-11)15(13-7-8-13)19-17(22)16(21)14-9-18-20(2)10-14/h3-6,9-10,13,15H,7-8H2,1-2H3,(H,19,22)/t15-/m1/s1. The number of Topliss-reactive ketones (excluding diaryl/α,β-unsaturated/α-hetero) is 1. The lowest BCUT2D eigenvalue weighted by atomic mass is 10.0. The van der Waals surface area contributed by atoms with Gasteiger partial charge in [-0.3, -0.25) is 14.3 Å². The van der Waals surface area contributed by atoms with Gasteiger partial charge < -0.3 is 5.32 Å². The van der Waals surface area contributed by atoms with Gasteiger partial charge in [0.2, 0.25) is 0 Å². The van der Waals surface area contributed by atoms with Crippen LogP contribution < -0.4 is 5.32 Å². The molecule has 1 saturated carbocycles. The zero-order valence-electron chi connectivity index (χ0n) is 12.7. The summed E-state index contributed by atoms with van der Waals surface area (Å²) in [6.07, 6.45) is 5.14. The number of hydrogen-bond acceptors (Lipinski definition) is 3. The van der Waals surface area contributed by atoms with Crippen LogP contribution in [0.1, 0.15) is 40.4 Å². The van der Waals surface area contributed by atoms with Gasteiger partial charge in [-0.1, -0.05) is 29.8 Å². The number of nitrogens with one attached hydrogen (secondary N) is 1. The molecule has 1 heterocycles. The van der Waals surface area contributed by atoms with E-state index in [1.165, 1.54) is 16.4 Å². The fourth-order valence-electron chi connectivity index (χ4n) is 2.55. The minimum atomic E-state index is -0.564. The van der Waals surface area contributed by atoms with Crippen molar-refractivity contribution >= 4 is 11.7 Å². The van der Waals surface area contributed by atoms with Gasteiger partial charge in [-0.05, 0) is 31.2 Å². The maximum atomic E-state index is 12.2. The van der Waals surface area contributed by atoms with E-state index in [9.17, 15) is 9.59 Å². The van der Waals surface area contributed by atoms with Gasteiger partial charge in [0.25, 0.3) is 11.7 Å². The largest absolute Gasteiger partial charge is 0.342 e. The highest BCUT2D eigenvalue weighted by Crippen LogP contribution is 2.41. The van der Waals surface area contributed by atoms with Crippen LogP contribution in [0.4, 0.5) is 0 Å². The van der Waals surface area contributed by atoms with E-state index in [0.29, 0.717) is 11.5 Å². The van der Waals surface area contributed by atoms with Gasteiger partial charge in [0.05, 0.1) is 17.8 Å². The molecule has 0 spiro atoms. The summed E-state index contributed by atoms with van der Waals surface area (Å²) in [5, 5.41) is 6.83. The number of carbonyl (C=O) groups excluding carboxylic acids is 2. The zero-order valence-corrected chi connectivity index (χ0v) is 12.7. The van der Waals surface area contributed by atoms with Crippen molar-refractivity contribution in [1.29, 1.82) is 0 Å². The monoisotopic (exact) mass is 297 g/mol. The van der Waals surface area contributed by atoms with Crippen molar-refractivity contribution in [2.45, 2.75) is 25.8 Å². The Hall–Kier alpha value is -2.43. The number of hydrogen-bond donors (Lipinski definition) is 1. The van der Waals surface area contributed by atoms with Gasteiger partial charge in [0, 0.05) is 13.2 Å². The Morgan fingerprint density at radius 2 is 1.95 bits per heavy atom. The second-order valence-electron chi connectivity index (χ2n) is 5.93. The maximum absolute atomic E-state index is 12.2. The van der Waals surface area contributed by atoms with Gasteiger partial charge >= 0.3 is 0 Å². The summed E-state index contributed by atoms with van der Waals surface area (Å²) >= 11 is 0. The van der Waals surface area contributed by atoms with Crippen LogP contribution in [0, 0.1) is 12.8 Å². The molecular formula is C17H19N3O2. The van der Waals surface area contributed by atoms with Crippen LogP contribution in [0.25, 0.3) is 0 Å². The van der Waals surface area contributed by atoms with Crippen molar-refractivity contribution < 1.29 is 9.59 Å². The van der Waals surface area contributed by atoms with Crippen LogP contribution in [0.3, 0.4) is 0 Å². The van der Waals surface area contributed by atoms with Crippen molar-refractivity contribution in [3.63, 3.8) is 0 Å². The van der Waals surface area contributed by atoms with Crippen LogP contribution in [0.2, 0.25) is 0 Å². The molecule has 1 fully saturated rings. The summed E-state index contributed by atoms with van der Waals surface area (Å²) < 4.78 is 1.51. The van der Waals surface area contributed by atoms with Crippen LogP contribution in [-0.4, -0.2) is 21.5 Å². The average Bonchev–Trinajstić information content (AvgIpc) is 3.26. The van der Waals surface area contributed by atoms with E-state index < -0.39 is 11.7 Å². The van der Waals surface area contributed by atoms with Crippen LogP contribution in [0.15, 0.2) is 36.7 Å². The number of benzene rings is 1. The second kappa shape index (κ2) is 5.75. The van der Waals surface area contributed by atoms with Crippen LogP contribution in [-0.2, 0) is 11.8 Å². The Kier molecular flexibility index (Phi) is 3.79. The molecule has 0 bridgehead atoms. The Bertz CT molecular complexity index is 699. The Morgan fingerprint density at radius 3 is 2.50 bits per heavy atom. The molecular weight excluding hydrogens is 278 g/mol. The lowest BCUT2D eigenvalue weighted by Crippen LogP contribution is -2.35. The van der Waals surface area contributed by atoms with Gasteiger partial charge in [-0.25, -0.2) is 0 Å². The van der Waals surface area contributed by atoms with E-state index in [-0.39, 0.29) is 6.04 Å². The smallest absolute Gasteiger partial charge is 0.293 e. The molecule has 1 aromatic carbocycles. The summed E-state index contributed by atoms with van der Waals surface area (Å²) in [5.41, 5.74) is 2.55. The summed E-state index contributed by atoms with van der Waals surface area (Å²) in [6.45, 7) is 2.03. The average molecular weight is 297 g/mol. The van der Waals surface area contributed by atoms with Crippen molar-refractivity contribution in [2.24, 2.45) is 13.0 Å². The predicted molar refractivity (Wildman–Crippen MR) is 82.3 cm³/mol. The lowest BCUT2D eigenvalue weighted by molar-refractivity contribution is -0.117. The first-order valence-corrected chi connectivity index (χ1v) is 7.45. The highest BCUT2D eigenvalue weighted by Gasteiger charge is 2.34. The lowest BCUT2D eigenvalue weighted by Gasteiger charge is -2.18. The summed E-state index contributed by atoms with van der Waals surface area (Å²) in [4.78, 5) is 24.4. The first-order valence-electron chi connectivity index (χ1n) is 7.45. The van der Waals surface area contributed by atoms with Gasteiger partial charge in [0.1, 0.15) is 0 Å². The number of rotatable bonds is 5. The Morgan fingerprint density at radius 1 is 1.27 bits per heavy atom. The fourth-order valence-corrected chi connectivity index (χ4v) is 2.55. The Labute approximate surface area is 129 Å². The minimum Gasteiger partial charge on any atom is -0.342 e. The number of ketones is 1. The molecule has 2 aromatic rings. The molecule has 0 saturated heterocycles. The first kappa shape index (κ1) is 14.5. The van der Waals surface area contributed by atoms with Crippen LogP contribution >= 0.6 is 0 Å². The molecule has 3 rings (SSSR count). The van der Waals surface area contributed by atoms with E-state index >= 15 is 0 Å². The molecule has 1 aliphatic carbocycles. The molecule has 0 radical (unpaired) electrons. The van der Waals surface area contributed by atoms with Crippen LogP contribution in [0.5, 0.6) is 0 Å². The molecule has 1 amide bonds. The number of nitrogens with zero attached hydrogens (tertiary/aromatic N) is 2. The highest BCUT2D eigenvalue weighted by atomic mass is 16.2. The summed E-state index contributed by atoms with van der Waals surface area (Å²) in [6, 6.07) is 8.01. The molecule has 5 heteroatoms. The van der Waals surface area contributed by atoms with E-state index in [0.717, 1.165) is 18.4 Å². The molecule has 22 heavy (non-hydrogen) atoms. The Balaban J connectivity index is 1.75. The molecule has 1 aromatic heterocycles. The molecule has 1 N–H and O–H groups in total. The number of carbonyl (C=O) groups is 2. The fraction of sp³-hybridized carbons (Fsp3) is 0.353. The van der Waals surface area contributed by atoms with E-state index in [2.05, 4.69) is 10.4 Å². The van der Waals surface area contributed by atoms with Crippen molar-refractivity contribution in [3.05, 3.63) is 53.3 Å². The number of aromatic nitrogens is 2. The molecule has 1 aliphatic rings. The third-order valence-electron chi connectivity index (χ3n) is 3.99. The highest BCUT2D eigenvalue weighted by molar-refractivity contribution is 6.42. The van der Waals surface area contributed by atoms with Gasteiger partial charge in [0.15, 0.2) is 0 Å². The number of amides is 1. The van der Waals surface area contributed by atoms with Gasteiger partial charge in [-0.2, -0.15) is 5.10 Å². The van der Waals surface area contributed by atoms with Crippen molar-refractivity contribution in [2.75, 3.05) is 0 Å². The molecule has 5 nitrogen and oxygen atoms in total. The van der Waals surface area contributed by atoms with Gasteiger partial charge in [-0.15, -0.1) is 0 Å². The third kappa shape index (κ3) is 3.08. The molecule has 0 unspecified atom stereocenters. The zero-order chi connectivity index (χ0) is 15.7. The topological polar surface area (TPSA) is 64.0 Å². The van der Waals surface area contributed by atoms with Crippen molar-refractivity contribution in [1.82, 2.24) is 15.1 Å². The summed E-state index contributed by atoms with van der Waals surface area (Å²) in [7, 11) is 1.72. The molecule has 1 atom stereocenters. The maximum Gasteiger partial charge on any atom is 0.293 e. The first-order chi connectivity index (χ1) is 10.5. The minimum absolute atomic E-state index is 0.0891. The van der Waals surface area contributed by atoms with Crippen molar-refractivity contribution in [3.8, 4) is 0 Å². The van der Waals surface area contributed by atoms with E-state index in [1.54, 1.807) is 13.2 Å². The predicted octanol–water partition coefficient (Wildman–Crippen LogP) is 2.18. The molecule has 0 aliphatic heterocycles. The quantitative estimate of drug-likeness (QED) is 0.679. The second-order valence-corrected chi connectivity index (χ2v) is 5.93. The summed E-state index contributed by atoms with van der Waals surface area (Å²) in [5.74, 6) is -0.676. The van der Waals surface area contributed by atoms with E-state index in [1.807, 2.05) is 31.2 Å².